The lowest BCUT2D eigenvalue weighted by molar-refractivity contribution is -0.136. The maximum absolute atomic E-state index is 15.3. The molecule has 3 heterocycles. The summed E-state index contributed by atoms with van der Waals surface area (Å²) in [5.74, 6) is -0.564. The largest absolute Gasteiger partial charge is 0.380 e. The first-order chi connectivity index (χ1) is 20.7. The minimum absolute atomic E-state index is 0.0127. The van der Waals surface area contributed by atoms with Gasteiger partial charge in [-0.2, -0.15) is 0 Å². The Morgan fingerprint density at radius 3 is 2.60 bits per heavy atom. The number of anilines is 1. The van der Waals surface area contributed by atoms with Crippen molar-refractivity contribution in [3.63, 3.8) is 0 Å². The average molecular weight is 608 g/mol. The molecule has 2 aromatic heterocycles. The van der Waals surface area contributed by atoms with Crippen LogP contribution in [-0.2, 0) is 26.3 Å². The Kier molecular flexibility index (Phi) is 9.74. The number of halogens is 2. The van der Waals surface area contributed by atoms with E-state index in [2.05, 4.69) is 33.6 Å². The molecular weight excluding hydrogens is 569 g/mol. The summed E-state index contributed by atoms with van der Waals surface area (Å²) in [7, 11) is 1.56. The second-order valence-corrected chi connectivity index (χ2v) is 12.0. The molecule has 2 amide bonds. The summed E-state index contributed by atoms with van der Waals surface area (Å²) >= 11 is 5.94. The van der Waals surface area contributed by atoms with E-state index in [1.807, 2.05) is 13.0 Å². The van der Waals surface area contributed by atoms with Crippen molar-refractivity contribution < 1.29 is 18.7 Å². The summed E-state index contributed by atoms with van der Waals surface area (Å²) < 4.78 is 20.8. The van der Waals surface area contributed by atoms with E-state index in [0.717, 1.165) is 29.7 Å². The third-order valence-corrected chi connectivity index (χ3v) is 8.77. The SMILES string of the molecule is CCNC(CCC1CC1)(c1ccnc(C)c1)c1ccc(F)c(NC(=O)[C@H]2C[C@@H](OC)CN2C(=O)Cc2ccc(Cl)cn2)c1. The molecule has 1 aliphatic carbocycles. The van der Waals surface area contributed by atoms with E-state index in [-0.39, 0.29) is 30.7 Å². The smallest absolute Gasteiger partial charge is 0.247 e. The summed E-state index contributed by atoms with van der Waals surface area (Å²) in [6, 6.07) is 11.5. The fourth-order valence-corrected chi connectivity index (χ4v) is 6.16. The van der Waals surface area contributed by atoms with Crippen LogP contribution in [0.25, 0.3) is 0 Å². The number of likely N-dealkylation sites (tertiary alicyclic amines) is 1. The van der Waals surface area contributed by atoms with Crippen LogP contribution in [0.15, 0.2) is 54.9 Å². The molecule has 1 saturated carbocycles. The average Bonchev–Trinajstić information content (AvgIpc) is 3.73. The van der Waals surface area contributed by atoms with Crippen LogP contribution in [0, 0.1) is 18.7 Å². The number of amides is 2. The highest BCUT2D eigenvalue weighted by atomic mass is 35.5. The molecule has 3 aromatic rings. The van der Waals surface area contributed by atoms with Crippen LogP contribution in [0.5, 0.6) is 0 Å². The second kappa shape index (κ2) is 13.5. The van der Waals surface area contributed by atoms with Crippen molar-refractivity contribution in [2.75, 3.05) is 25.5 Å². The third kappa shape index (κ3) is 7.22. The molecule has 2 N–H and O–H groups in total. The second-order valence-electron chi connectivity index (χ2n) is 11.6. The van der Waals surface area contributed by atoms with Crippen molar-refractivity contribution in [1.29, 1.82) is 0 Å². The monoisotopic (exact) mass is 607 g/mol. The van der Waals surface area contributed by atoms with E-state index in [0.29, 0.717) is 29.6 Å². The van der Waals surface area contributed by atoms with Gasteiger partial charge in [-0.05, 0) is 79.8 Å². The molecule has 228 valence electrons. The van der Waals surface area contributed by atoms with Crippen molar-refractivity contribution in [3.05, 3.63) is 88.2 Å². The lowest BCUT2D eigenvalue weighted by atomic mass is 9.78. The highest BCUT2D eigenvalue weighted by Gasteiger charge is 2.41. The van der Waals surface area contributed by atoms with Gasteiger partial charge in [0, 0.05) is 43.9 Å². The van der Waals surface area contributed by atoms with E-state index in [1.165, 1.54) is 30.0 Å². The van der Waals surface area contributed by atoms with Gasteiger partial charge in [0.05, 0.1) is 28.8 Å². The number of hydrogen-bond donors (Lipinski definition) is 2. The highest BCUT2D eigenvalue weighted by molar-refractivity contribution is 6.30. The first-order valence-electron chi connectivity index (χ1n) is 14.9. The van der Waals surface area contributed by atoms with Gasteiger partial charge in [0.1, 0.15) is 11.9 Å². The minimum atomic E-state index is -0.816. The van der Waals surface area contributed by atoms with E-state index in [9.17, 15) is 9.59 Å². The maximum atomic E-state index is 15.3. The molecule has 0 radical (unpaired) electrons. The molecule has 0 bridgehead atoms. The van der Waals surface area contributed by atoms with Crippen molar-refractivity contribution in [2.45, 2.75) is 70.1 Å². The van der Waals surface area contributed by atoms with Gasteiger partial charge in [-0.3, -0.25) is 19.6 Å². The zero-order valence-electron chi connectivity index (χ0n) is 24.9. The molecular formula is C33H39ClFN5O3. The number of methoxy groups -OCH3 is 1. The number of rotatable bonds is 12. The van der Waals surface area contributed by atoms with Gasteiger partial charge >= 0.3 is 0 Å². The molecule has 1 unspecified atom stereocenters. The number of benzene rings is 1. The molecule has 0 spiro atoms. The van der Waals surface area contributed by atoms with Gasteiger partial charge in [0.15, 0.2) is 0 Å². The number of nitrogens with zero attached hydrogens (tertiary/aromatic N) is 3. The van der Waals surface area contributed by atoms with Crippen LogP contribution < -0.4 is 10.6 Å². The molecule has 2 fully saturated rings. The summed E-state index contributed by atoms with van der Waals surface area (Å²) in [6.07, 6.45) is 7.62. The van der Waals surface area contributed by atoms with Crippen LogP contribution in [-0.4, -0.2) is 59.0 Å². The zero-order chi connectivity index (χ0) is 30.6. The normalized spacial score (nSPS) is 19.7. The molecule has 1 saturated heterocycles. The molecule has 10 heteroatoms. The van der Waals surface area contributed by atoms with E-state index >= 15 is 4.39 Å². The number of ether oxygens (including phenoxy) is 1. The van der Waals surface area contributed by atoms with E-state index in [4.69, 9.17) is 16.3 Å². The van der Waals surface area contributed by atoms with Crippen LogP contribution >= 0.6 is 11.6 Å². The highest BCUT2D eigenvalue weighted by Crippen LogP contribution is 2.42. The Hall–Kier alpha value is -3.40. The van der Waals surface area contributed by atoms with Gasteiger partial charge < -0.3 is 20.3 Å². The van der Waals surface area contributed by atoms with Crippen LogP contribution in [0.2, 0.25) is 5.02 Å². The van der Waals surface area contributed by atoms with Crippen LogP contribution in [0.1, 0.15) is 61.5 Å². The standard InChI is InChI=1S/C33H39ClFN5O3/c1-4-38-33(13-11-22-5-6-22,24-12-14-36-21(2)15-24)23-7-10-28(35)29(16-23)39-32(42)30-18-27(43-3)20-40(30)31(41)17-26-9-8-25(34)19-37-26/h7-10,12,14-16,19,22,27,30,38H,4-6,11,13,17-18,20H2,1-3H3,(H,39,42)/t27-,30-,33?/m1/s1. The maximum Gasteiger partial charge on any atom is 0.247 e. The predicted molar refractivity (Wildman–Crippen MR) is 164 cm³/mol. The number of nitrogens with one attached hydrogen (secondary N) is 2. The summed E-state index contributed by atoms with van der Waals surface area (Å²) in [4.78, 5) is 37.1. The number of hydrogen-bond acceptors (Lipinski definition) is 6. The topological polar surface area (TPSA) is 96.5 Å². The molecule has 1 aliphatic heterocycles. The number of aromatic nitrogens is 2. The molecule has 3 atom stereocenters. The number of carbonyl (C=O) groups is 2. The van der Waals surface area contributed by atoms with E-state index in [1.54, 1.807) is 37.6 Å². The van der Waals surface area contributed by atoms with Crippen LogP contribution in [0.4, 0.5) is 10.1 Å². The lowest BCUT2D eigenvalue weighted by Gasteiger charge is -2.37. The Labute approximate surface area is 257 Å². The summed E-state index contributed by atoms with van der Waals surface area (Å²) in [5.41, 5.74) is 2.85. The Morgan fingerprint density at radius 1 is 1.14 bits per heavy atom. The fraction of sp³-hybridized carbons (Fsp3) is 0.455. The lowest BCUT2D eigenvalue weighted by Crippen LogP contribution is -2.44. The fourth-order valence-electron chi connectivity index (χ4n) is 6.05. The number of carbonyl (C=O) groups excluding carboxylic acids is 2. The Morgan fingerprint density at radius 2 is 1.93 bits per heavy atom. The van der Waals surface area contributed by atoms with Gasteiger partial charge in [0.2, 0.25) is 11.8 Å². The quantitative estimate of drug-likeness (QED) is 0.286. The molecule has 8 nitrogen and oxygen atoms in total. The van der Waals surface area contributed by atoms with Crippen molar-refractivity contribution in [3.8, 4) is 0 Å². The first-order valence-corrected chi connectivity index (χ1v) is 15.3. The zero-order valence-corrected chi connectivity index (χ0v) is 25.7. The number of aryl methyl sites for hydroxylation is 1. The van der Waals surface area contributed by atoms with Crippen molar-refractivity contribution >= 4 is 29.1 Å². The molecule has 43 heavy (non-hydrogen) atoms. The van der Waals surface area contributed by atoms with Gasteiger partial charge in [-0.15, -0.1) is 0 Å². The Balaban J connectivity index is 1.42. The molecule has 1 aromatic carbocycles. The third-order valence-electron chi connectivity index (χ3n) is 8.55. The van der Waals surface area contributed by atoms with E-state index < -0.39 is 23.3 Å². The molecule has 5 rings (SSSR count). The van der Waals surface area contributed by atoms with Crippen molar-refractivity contribution in [2.24, 2.45) is 5.92 Å². The summed E-state index contributed by atoms with van der Waals surface area (Å²) in [6.45, 7) is 4.98. The predicted octanol–water partition coefficient (Wildman–Crippen LogP) is 5.42. The van der Waals surface area contributed by atoms with Crippen LogP contribution in [0.3, 0.4) is 0 Å². The van der Waals surface area contributed by atoms with Gasteiger partial charge in [-0.25, -0.2) is 4.39 Å². The van der Waals surface area contributed by atoms with Crippen molar-refractivity contribution in [1.82, 2.24) is 20.2 Å². The first kappa shape index (κ1) is 31.0. The van der Waals surface area contributed by atoms with Gasteiger partial charge in [0.25, 0.3) is 0 Å². The Bertz CT molecular complexity index is 1450. The molecule has 2 aliphatic rings. The summed E-state index contributed by atoms with van der Waals surface area (Å²) in [5, 5.41) is 7.00. The van der Waals surface area contributed by atoms with Gasteiger partial charge in [-0.1, -0.05) is 37.4 Å². The number of pyridine rings is 2. The minimum Gasteiger partial charge on any atom is -0.380 e.